The van der Waals surface area contributed by atoms with Crippen molar-refractivity contribution in [2.75, 3.05) is 12.4 Å². The van der Waals surface area contributed by atoms with Crippen LogP contribution in [0, 0.1) is 19.3 Å². The van der Waals surface area contributed by atoms with E-state index in [0.717, 1.165) is 29.2 Å². The van der Waals surface area contributed by atoms with Crippen LogP contribution >= 0.6 is 11.3 Å². The molecule has 0 fully saturated rings. The van der Waals surface area contributed by atoms with Crippen LogP contribution in [-0.2, 0) is 0 Å². The minimum absolute atomic E-state index is 0.0103. The zero-order valence-corrected chi connectivity index (χ0v) is 19.1. The molecule has 1 amide bonds. The minimum atomic E-state index is -2.86. The maximum Gasteiger partial charge on any atom is 0.280 e. The zero-order chi connectivity index (χ0) is 25.1. The summed E-state index contributed by atoms with van der Waals surface area (Å²) in [6.07, 6.45) is 6.34. The van der Waals surface area contributed by atoms with Crippen molar-refractivity contribution in [1.29, 1.82) is 0 Å². The number of aromatic nitrogens is 5. The molecule has 0 aliphatic heterocycles. The summed E-state index contributed by atoms with van der Waals surface area (Å²) in [6.45, 7) is 1.77. The van der Waals surface area contributed by atoms with E-state index < -0.39 is 18.0 Å². The van der Waals surface area contributed by atoms with Gasteiger partial charge in [-0.1, -0.05) is 11.3 Å². The summed E-state index contributed by atoms with van der Waals surface area (Å²) >= 11 is 0.985. The number of carbonyl (C=O) groups excluding carboxylic acids is 1. The second-order valence-corrected chi connectivity index (χ2v) is 8.10. The van der Waals surface area contributed by atoms with Gasteiger partial charge >= 0.3 is 0 Å². The van der Waals surface area contributed by atoms with Crippen LogP contribution in [0.4, 0.5) is 13.9 Å². The zero-order valence-electron chi connectivity index (χ0n) is 18.3. The Kier molecular flexibility index (Phi) is 6.61. The molecule has 0 saturated carbocycles. The molecule has 12 heteroatoms. The Morgan fingerprint density at radius 2 is 2.00 bits per heavy atom. The van der Waals surface area contributed by atoms with E-state index in [2.05, 4.69) is 31.4 Å². The fourth-order valence-electron chi connectivity index (χ4n) is 3.20. The molecule has 0 aliphatic carbocycles. The van der Waals surface area contributed by atoms with Crippen LogP contribution in [-0.4, -0.2) is 37.7 Å². The van der Waals surface area contributed by atoms with Gasteiger partial charge in [0.05, 0.1) is 18.9 Å². The van der Waals surface area contributed by atoms with Gasteiger partial charge in [-0.05, 0) is 36.6 Å². The molecule has 0 aliphatic rings. The van der Waals surface area contributed by atoms with Gasteiger partial charge in [0.2, 0.25) is 5.13 Å². The van der Waals surface area contributed by atoms with Gasteiger partial charge in [0.25, 0.3) is 17.9 Å². The van der Waals surface area contributed by atoms with E-state index in [0.29, 0.717) is 0 Å². The number of ether oxygens (including phenoxy) is 1. The predicted molar refractivity (Wildman–Crippen MR) is 125 cm³/mol. The highest BCUT2D eigenvalue weighted by Gasteiger charge is 2.22. The highest BCUT2D eigenvalue weighted by molar-refractivity contribution is 7.15. The molecular weight excluding hydrogens is 478 g/mol. The molecule has 4 aromatic heterocycles. The first kappa shape index (κ1) is 23.7. The lowest BCUT2D eigenvalue weighted by Crippen LogP contribution is -2.19. The second kappa shape index (κ2) is 9.78. The highest BCUT2D eigenvalue weighted by atomic mass is 32.1. The van der Waals surface area contributed by atoms with Crippen LogP contribution < -0.4 is 15.6 Å². The third-order valence-corrected chi connectivity index (χ3v) is 5.62. The predicted octanol–water partition coefficient (Wildman–Crippen LogP) is 3.63. The van der Waals surface area contributed by atoms with Crippen molar-refractivity contribution in [3.63, 3.8) is 0 Å². The topological polar surface area (TPSA) is 112 Å². The summed E-state index contributed by atoms with van der Waals surface area (Å²) < 4.78 is 33.5. The van der Waals surface area contributed by atoms with Gasteiger partial charge in [-0.15, -0.1) is 16.6 Å². The van der Waals surface area contributed by atoms with E-state index in [1.807, 2.05) is 0 Å². The van der Waals surface area contributed by atoms with Gasteiger partial charge in [0.15, 0.2) is 5.01 Å². The molecule has 176 valence electrons. The smallest absolute Gasteiger partial charge is 0.280 e. The molecule has 0 unspecified atom stereocenters. The fourth-order valence-corrected chi connectivity index (χ4v) is 3.74. The van der Waals surface area contributed by atoms with E-state index in [-0.39, 0.29) is 44.0 Å². The Morgan fingerprint density at radius 3 is 2.66 bits per heavy atom. The van der Waals surface area contributed by atoms with Crippen LogP contribution in [0.3, 0.4) is 0 Å². The lowest BCUT2D eigenvalue weighted by molar-refractivity contribution is 0.102. The number of nitrogens with zero attached hydrogens (tertiary/aromatic N) is 5. The normalized spacial score (nSPS) is 10.7. The SMILES string of the molecule is C#Cc1nnc(NC(=O)c2cnc(-n3ccc(C)cc3=O)cc2-c2cc(C(F)F)ncc2OC)s1. The number of terminal acetylenes is 1. The van der Waals surface area contributed by atoms with Gasteiger partial charge in [0.1, 0.15) is 17.3 Å². The van der Waals surface area contributed by atoms with Gasteiger partial charge < -0.3 is 4.74 Å². The van der Waals surface area contributed by atoms with Crippen LogP contribution in [0.5, 0.6) is 5.75 Å². The number of hydrogen-bond donors (Lipinski definition) is 1. The molecule has 4 heterocycles. The van der Waals surface area contributed by atoms with E-state index in [1.165, 1.54) is 36.2 Å². The molecule has 0 radical (unpaired) electrons. The van der Waals surface area contributed by atoms with Crippen molar-refractivity contribution in [2.24, 2.45) is 0 Å². The maximum atomic E-state index is 13.4. The van der Waals surface area contributed by atoms with Crippen LogP contribution in [0.2, 0.25) is 0 Å². The number of pyridine rings is 3. The maximum absolute atomic E-state index is 13.4. The number of methoxy groups -OCH3 is 1. The molecule has 0 aromatic carbocycles. The Hall–Kier alpha value is -4.50. The number of rotatable bonds is 6. The summed E-state index contributed by atoms with van der Waals surface area (Å²) in [6, 6.07) is 5.69. The molecule has 1 N–H and O–H groups in total. The highest BCUT2D eigenvalue weighted by Crippen LogP contribution is 2.35. The standard InChI is InChI=1S/C23H16F2N6O3S/c1-4-19-29-30-23(35-19)28-22(33)15-10-27-18(31-6-5-12(2)7-20(31)32)9-13(15)14-8-16(21(24)25)26-11-17(14)34-3/h1,5-11,21H,2-3H3,(H,28,30,33). The van der Waals surface area contributed by atoms with Crippen molar-refractivity contribution >= 4 is 22.4 Å². The Labute approximate surface area is 201 Å². The average molecular weight is 494 g/mol. The molecule has 0 spiro atoms. The monoisotopic (exact) mass is 494 g/mol. The molecule has 9 nitrogen and oxygen atoms in total. The van der Waals surface area contributed by atoms with Crippen LogP contribution in [0.1, 0.15) is 33.0 Å². The third kappa shape index (κ3) is 4.90. The average Bonchev–Trinajstić information content (AvgIpc) is 3.30. The van der Waals surface area contributed by atoms with Gasteiger partial charge in [-0.25, -0.2) is 13.8 Å². The lowest BCUT2D eigenvalue weighted by atomic mass is 10.00. The molecular formula is C23H16F2N6O3S. The Balaban J connectivity index is 1.90. The first-order valence-corrected chi connectivity index (χ1v) is 10.8. The largest absolute Gasteiger partial charge is 0.494 e. The number of nitrogens with one attached hydrogen (secondary N) is 1. The number of carbonyl (C=O) groups is 1. The number of aryl methyl sites for hydroxylation is 1. The number of halogens is 2. The van der Waals surface area contributed by atoms with Crippen molar-refractivity contribution in [1.82, 2.24) is 24.7 Å². The molecule has 0 bridgehead atoms. The molecule has 0 atom stereocenters. The summed E-state index contributed by atoms with van der Waals surface area (Å²) in [5, 5.41) is 10.5. The lowest BCUT2D eigenvalue weighted by Gasteiger charge is -2.15. The van der Waals surface area contributed by atoms with E-state index in [4.69, 9.17) is 11.2 Å². The molecule has 4 aromatic rings. The van der Waals surface area contributed by atoms with Crippen molar-refractivity contribution < 1.29 is 18.3 Å². The molecule has 35 heavy (non-hydrogen) atoms. The first-order valence-electron chi connectivity index (χ1n) is 9.94. The van der Waals surface area contributed by atoms with Crippen LogP contribution in [0.15, 0.2) is 47.7 Å². The van der Waals surface area contributed by atoms with E-state index in [9.17, 15) is 18.4 Å². The van der Waals surface area contributed by atoms with Crippen molar-refractivity contribution in [3.8, 4) is 35.0 Å². The summed E-state index contributed by atoms with van der Waals surface area (Å²) in [4.78, 5) is 33.6. The summed E-state index contributed by atoms with van der Waals surface area (Å²) in [5.74, 6) is 1.98. The number of amides is 1. The Morgan fingerprint density at radius 1 is 1.20 bits per heavy atom. The van der Waals surface area contributed by atoms with E-state index >= 15 is 0 Å². The minimum Gasteiger partial charge on any atom is -0.494 e. The fraction of sp³-hybridized carbons (Fsp3) is 0.130. The van der Waals surface area contributed by atoms with Gasteiger partial charge in [-0.3, -0.25) is 24.5 Å². The van der Waals surface area contributed by atoms with Crippen molar-refractivity contribution in [2.45, 2.75) is 13.3 Å². The Bertz CT molecular complexity index is 1530. The summed E-state index contributed by atoms with van der Waals surface area (Å²) in [5.41, 5.74) is 0.238. The van der Waals surface area contributed by atoms with Crippen molar-refractivity contribution in [3.05, 3.63) is 75.0 Å². The number of hydrogen-bond acceptors (Lipinski definition) is 8. The number of anilines is 1. The molecule has 0 saturated heterocycles. The first-order chi connectivity index (χ1) is 16.8. The number of alkyl halides is 2. The molecule has 4 rings (SSSR count). The van der Waals surface area contributed by atoms with Crippen LogP contribution in [0.25, 0.3) is 16.9 Å². The summed E-state index contributed by atoms with van der Waals surface area (Å²) in [7, 11) is 1.34. The van der Waals surface area contributed by atoms with Gasteiger partial charge in [0, 0.05) is 29.6 Å². The van der Waals surface area contributed by atoms with E-state index in [1.54, 1.807) is 13.0 Å². The quantitative estimate of drug-likeness (QED) is 0.408. The second-order valence-electron chi connectivity index (χ2n) is 7.12. The van der Waals surface area contributed by atoms with Gasteiger partial charge in [-0.2, -0.15) is 0 Å². The third-order valence-electron chi connectivity index (χ3n) is 4.85.